The smallest absolute Gasteiger partial charge is 0.223 e. The lowest BCUT2D eigenvalue weighted by molar-refractivity contribution is -0.121. The van der Waals surface area contributed by atoms with Gasteiger partial charge >= 0.3 is 0 Å². The van der Waals surface area contributed by atoms with Crippen LogP contribution in [0.15, 0.2) is 42.7 Å². The summed E-state index contributed by atoms with van der Waals surface area (Å²) < 4.78 is 1.62. The van der Waals surface area contributed by atoms with Crippen LogP contribution in [0.1, 0.15) is 30.0 Å². The monoisotopic (exact) mass is 313 g/mol. The van der Waals surface area contributed by atoms with E-state index >= 15 is 0 Å². The molecule has 0 aliphatic carbocycles. The summed E-state index contributed by atoms with van der Waals surface area (Å²) in [6.45, 7) is 3.84. The van der Waals surface area contributed by atoms with Gasteiger partial charge in [0.15, 0.2) is 0 Å². The Balaban J connectivity index is 1.81. The van der Waals surface area contributed by atoms with Crippen molar-refractivity contribution in [3.8, 4) is 0 Å². The summed E-state index contributed by atoms with van der Waals surface area (Å²) in [6, 6.07) is 8.09. The summed E-state index contributed by atoms with van der Waals surface area (Å²) in [6.07, 6.45) is 7.35. The van der Waals surface area contributed by atoms with Crippen LogP contribution in [0.25, 0.3) is 6.08 Å². The number of aliphatic hydroxyl groups is 1. The van der Waals surface area contributed by atoms with Crippen molar-refractivity contribution in [2.24, 2.45) is 7.05 Å². The third kappa shape index (κ3) is 5.07. The van der Waals surface area contributed by atoms with Gasteiger partial charge in [0.1, 0.15) is 5.60 Å². The molecular weight excluding hydrogens is 290 g/mol. The molecule has 2 N–H and O–H groups in total. The first-order chi connectivity index (χ1) is 10.9. The fourth-order valence-electron chi connectivity index (χ4n) is 2.12. The molecule has 5 nitrogen and oxygen atoms in total. The molecule has 1 heterocycles. The SMILES string of the molecule is Cc1ccc(C=CCC(=O)NCC(C)(O)c2cnn(C)c2)cc1. The number of benzene rings is 1. The van der Waals surface area contributed by atoms with Crippen molar-refractivity contribution >= 4 is 12.0 Å². The standard InChI is InChI=1S/C18H23N3O2/c1-14-7-9-15(10-8-14)5-4-6-17(22)19-13-18(2,23)16-11-20-21(3)12-16/h4-5,7-12,23H,6,13H2,1-3H3,(H,19,22). The minimum Gasteiger partial charge on any atom is -0.383 e. The zero-order valence-electron chi connectivity index (χ0n) is 13.8. The molecule has 0 aliphatic rings. The van der Waals surface area contributed by atoms with Gasteiger partial charge in [-0.15, -0.1) is 0 Å². The summed E-state index contributed by atoms with van der Waals surface area (Å²) in [5.74, 6) is -0.127. The molecular formula is C18H23N3O2. The molecule has 0 radical (unpaired) electrons. The molecule has 2 rings (SSSR count). The van der Waals surface area contributed by atoms with Gasteiger partial charge in [0, 0.05) is 25.2 Å². The van der Waals surface area contributed by atoms with Crippen LogP contribution in [-0.4, -0.2) is 27.3 Å². The first-order valence-corrected chi connectivity index (χ1v) is 7.58. The molecule has 1 amide bonds. The highest BCUT2D eigenvalue weighted by Gasteiger charge is 2.25. The number of aryl methyl sites for hydroxylation is 2. The maximum atomic E-state index is 11.9. The molecule has 122 valence electrons. The average molecular weight is 313 g/mol. The number of nitrogens with one attached hydrogen (secondary N) is 1. The van der Waals surface area contributed by atoms with E-state index in [1.807, 2.05) is 43.3 Å². The lowest BCUT2D eigenvalue weighted by Crippen LogP contribution is -2.38. The highest BCUT2D eigenvalue weighted by Crippen LogP contribution is 2.18. The predicted octanol–water partition coefficient (Wildman–Crippen LogP) is 2.16. The van der Waals surface area contributed by atoms with Crippen LogP contribution in [0.3, 0.4) is 0 Å². The van der Waals surface area contributed by atoms with Gasteiger partial charge in [-0.05, 0) is 19.4 Å². The van der Waals surface area contributed by atoms with Crippen LogP contribution in [-0.2, 0) is 17.4 Å². The molecule has 1 aromatic carbocycles. The fraction of sp³-hybridized carbons (Fsp3) is 0.333. The third-order valence-corrected chi connectivity index (χ3v) is 3.65. The summed E-state index contributed by atoms with van der Waals surface area (Å²) >= 11 is 0. The number of hydrogen-bond acceptors (Lipinski definition) is 3. The second-order valence-electron chi connectivity index (χ2n) is 5.97. The van der Waals surface area contributed by atoms with Gasteiger partial charge in [-0.1, -0.05) is 42.0 Å². The second kappa shape index (κ2) is 7.24. The van der Waals surface area contributed by atoms with Crippen molar-refractivity contribution in [2.75, 3.05) is 6.54 Å². The largest absolute Gasteiger partial charge is 0.383 e. The van der Waals surface area contributed by atoms with Crippen molar-refractivity contribution in [2.45, 2.75) is 25.9 Å². The Morgan fingerprint density at radius 3 is 2.70 bits per heavy atom. The summed E-state index contributed by atoms with van der Waals surface area (Å²) in [5, 5.41) is 17.2. The van der Waals surface area contributed by atoms with Gasteiger partial charge in [0.05, 0.1) is 12.7 Å². The van der Waals surface area contributed by atoms with E-state index in [1.165, 1.54) is 5.56 Å². The van der Waals surface area contributed by atoms with Crippen molar-refractivity contribution in [1.82, 2.24) is 15.1 Å². The Hall–Kier alpha value is -2.40. The maximum Gasteiger partial charge on any atom is 0.223 e. The molecule has 0 saturated carbocycles. The quantitative estimate of drug-likeness (QED) is 0.859. The van der Waals surface area contributed by atoms with Gasteiger partial charge in [-0.2, -0.15) is 5.10 Å². The number of hydrogen-bond donors (Lipinski definition) is 2. The van der Waals surface area contributed by atoms with Crippen molar-refractivity contribution in [1.29, 1.82) is 0 Å². The minimum atomic E-state index is -1.13. The van der Waals surface area contributed by atoms with Crippen LogP contribution < -0.4 is 5.32 Å². The van der Waals surface area contributed by atoms with Gasteiger partial charge in [-0.25, -0.2) is 0 Å². The Morgan fingerprint density at radius 1 is 1.39 bits per heavy atom. The maximum absolute atomic E-state index is 11.9. The second-order valence-corrected chi connectivity index (χ2v) is 5.97. The van der Waals surface area contributed by atoms with E-state index in [9.17, 15) is 9.90 Å². The first-order valence-electron chi connectivity index (χ1n) is 7.58. The average Bonchev–Trinajstić information content (AvgIpc) is 2.95. The molecule has 1 aromatic heterocycles. The molecule has 0 aliphatic heterocycles. The van der Waals surface area contributed by atoms with Crippen molar-refractivity contribution in [3.63, 3.8) is 0 Å². The normalized spacial score (nSPS) is 13.9. The minimum absolute atomic E-state index is 0.127. The Morgan fingerprint density at radius 2 is 2.09 bits per heavy atom. The van der Waals surface area contributed by atoms with E-state index in [-0.39, 0.29) is 18.9 Å². The number of aromatic nitrogens is 2. The molecule has 1 unspecified atom stereocenters. The molecule has 5 heteroatoms. The highest BCUT2D eigenvalue weighted by atomic mass is 16.3. The van der Waals surface area contributed by atoms with E-state index in [4.69, 9.17) is 0 Å². The zero-order valence-corrected chi connectivity index (χ0v) is 13.8. The topological polar surface area (TPSA) is 67.2 Å². The van der Waals surface area contributed by atoms with Crippen LogP contribution in [0.4, 0.5) is 0 Å². The number of nitrogens with zero attached hydrogens (tertiary/aromatic N) is 2. The van der Waals surface area contributed by atoms with E-state index in [1.54, 1.807) is 31.0 Å². The van der Waals surface area contributed by atoms with Crippen LogP contribution >= 0.6 is 0 Å². The summed E-state index contributed by atoms with van der Waals surface area (Å²) in [4.78, 5) is 11.9. The van der Waals surface area contributed by atoms with Crippen LogP contribution in [0.2, 0.25) is 0 Å². The fourth-order valence-corrected chi connectivity index (χ4v) is 2.12. The summed E-state index contributed by atoms with van der Waals surface area (Å²) in [5.41, 5.74) is 1.81. The molecule has 23 heavy (non-hydrogen) atoms. The van der Waals surface area contributed by atoms with E-state index in [0.29, 0.717) is 5.56 Å². The van der Waals surface area contributed by atoms with Crippen molar-refractivity contribution < 1.29 is 9.90 Å². The Kier molecular flexibility index (Phi) is 5.34. The Bertz CT molecular complexity index is 685. The van der Waals surface area contributed by atoms with Crippen LogP contribution in [0.5, 0.6) is 0 Å². The van der Waals surface area contributed by atoms with Gasteiger partial charge < -0.3 is 10.4 Å². The van der Waals surface area contributed by atoms with E-state index in [2.05, 4.69) is 10.4 Å². The summed E-state index contributed by atoms with van der Waals surface area (Å²) in [7, 11) is 1.79. The molecule has 0 fully saturated rings. The number of rotatable bonds is 6. The van der Waals surface area contributed by atoms with Gasteiger partial charge in [0.25, 0.3) is 0 Å². The van der Waals surface area contributed by atoms with Gasteiger partial charge in [0.2, 0.25) is 5.91 Å². The predicted molar refractivity (Wildman–Crippen MR) is 90.6 cm³/mol. The van der Waals surface area contributed by atoms with E-state index in [0.717, 1.165) is 5.56 Å². The van der Waals surface area contributed by atoms with Crippen molar-refractivity contribution in [3.05, 3.63) is 59.4 Å². The number of carbonyl (C=O) groups excluding carboxylic acids is 1. The van der Waals surface area contributed by atoms with Crippen LogP contribution in [0, 0.1) is 6.92 Å². The van der Waals surface area contributed by atoms with Gasteiger partial charge in [-0.3, -0.25) is 9.48 Å². The Labute approximate surface area is 136 Å². The molecule has 2 aromatic rings. The zero-order chi connectivity index (χ0) is 16.9. The molecule has 1 atom stereocenters. The third-order valence-electron chi connectivity index (χ3n) is 3.65. The molecule has 0 spiro atoms. The highest BCUT2D eigenvalue weighted by molar-refractivity contribution is 5.78. The lowest BCUT2D eigenvalue weighted by atomic mass is 10.00. The first kappa shape index (κ1) is 17.0. The van der Waals surface area contributed by atoms with E-state index < -0.39 is 5.60 Å². The lowest BCUT2D eigenvalue weighted by Gasteiger charge is -2.22. The molecule has 0 bridgehead atoms. The molecule has 0 saturated heterocycles. The number of amides is 1. The number of carbonyl (C=O) groups is 1.